The van der Waals surface area contributed by atoms with E-state index < -0.39 is 20.9 Å². The average molecular weight is 384 g/mol. The third-order valence-corrected chi connectivity index (χ3v) is 6.45. The minimum atomic E-state index is -3.61. The molecule has 0 spiro atoms. The van der Waals surface area contributed by atoms with Crippen LogP contribution in [-0.4, -0.2) is 44.7 Å². The molecule has 0 aliphatic carbocycles. The number of ether oxygens (including phenoxy) is 1. The van der Waals surface area contributed by atoms with Crippen LogP contribution in [0.1, 0.15) is 10.4 Å². The summed E-state index contributed by atoms with van der Waals surface area (Å²) in [4.78, 5) is 14.0. The highest BCUT2D eigenvalue weighted by Gasteiger charge is 2.41. The second-order valence-electron chi connectivity index (χ2n) is 5.68. The fourth-order valence-corrected chi connectivity index (χ4v) is 4.46. The van der Waals surface area contributed by atoms with Crippen molar-refractivity contribution >= 4 is 27.3 Å². The summed E-state index contributed by atoms with van der Waals surface area (Å²) in [5.74, 6) is -0.471. The molecule has 0 N–H and O–H groups in total. The number of benzene rings is 2. The van der Waals surface area contributed by atoms with Gasteiger partial charge < -0.3 is 9.64 Å². The molecule has 1 heterocycles. The van der Waals surface area contributed by atoms with E-state index in [9.17, 15) is 17.6 Å². The molecule has 8 heteroatoms. The van der Waals surface area contributed by atoms with Crippen LogP contribution in [0, 0.1) is 5.82 Å². The van der Waals surface area contributed by atoms with Crippen molar-refractivity contribution in [3.8, 4) is 5.75 Å². The number of likely N-dealkylation sites (tertiary alicyclic amines) is 1. The van der Waals surface area contributed by atoms with Crippen molar-refractivity contribution in [3.63, 3.8) is 0 Å². The van der Waals surface area contributed by atoms with E-state index in [1.54, 1.807) is 12.1 Å². The van der Waals surface area contributed by atoms with Crippen LogP contribution in [0.5, 0.6) is 5.75 Å². The molecule has 1 saturated heterocycles. The first-order valence-corrected chi connectivity index (χ1v) is 9.37. The van der Waals surface area contributed by atoms with Gasteiger partial charge >= 0.3 is 0 Å². The molecule has 1 aliphatic heterocycles. The summed E-state index contributed by atoms with van der Waals surface area (Å²) in [6.45, 7) is 0.127. The van der Waals surface area contributed by atoms with Gasteiger partial charge in [-0.3, -0.25) is 4.79 Å². The molecule has 0 radical (unpaired) electrons. The van der Waals surface area contributed by atoms with Gasteiger partial charge in [0.25, 0.3) is 5.91 Å². The SMILES string of the molecule is COc1ccc(Cl)cc1C(=O)N1CC(S(=O)(=O)c2ccc(F)cc2)C1. The number of hydrogen-bond acceptors (Lipinski definition) is 4. The minimum Gasteiger partial charge on any atom is -0.496 e. The molecule has 0 aromatic heterocycles. The molecule has 25 heavy (non-hydrogen) atoms. The van der Waals surface area contributed by atoms with E-state index in [-0.39, 0.29) is 29.5 Å². The zero-order chi connectivity index (χ0) is 18.2. The Bertz CT molecular complexity index is 909. The molecule has 1 fully saturated rings. The molecular formula is C17H15ClFNO4S. The number of hydrogen-bond donors (Lipinski definition) is 0. The number of carbonyl (C=O) groups excluding carboxylic acids is 1. The number of sulfone groups is 1. The van der Waals surface area contributed by atoms with E-state index in [2.05, 4.69) is 0 Å². The van der Waals surface area contributed by atoms with Gasteiger partial charge in [0.2, 0.25) is 0 Å². The van der Waals surface area contributed by atoms with Crippen LogP contribution >= 0.6 is 11.6 Å². The third kappa shape index (κ3) is 3.34. The number of methoxy groups -OCH3 is 1. The Kier molecular flexibility index (Phi) is 4.71. The van der Waals surface area contributed by atoms with E-state index in [1.807, 2.05) is 0 Å². The second kappa shape index (κ2) is 6.65. The molecule has 132 valence electrons. The predicted octanol–water partition coefficient (Wildman–Crippen LogP) is 2.79. The quantitative estimate of drug-likeness (QED) is 0.761. The fraction of sp³-hybridized carbons (Fsp3) is 0.235. The monoisotopic (exact) mass is 383 g/mol. The zero-order valence-corrected chi connectivity index (χ0v) is 14.8. The number of carbonyl (C=O) groups is 1. The Balaban J connectivity index is 1.75. The predicted molar refractivity (Wildman–Crippen MR) is 91.3 cm³/mol. The van der Waals surface area contributed by atoms with Gasteiger partial charge in [0.1, 0.15) is 16.8 Å². The molecular weight excluding hydrogens is 369 g/mol. The van der Waals surface area contributed by atoms with Crippen LogP contribution in [-0.2, 0) is 9.84 Å². The van der Waals surface area contributed by atoms with Gasteiger partial charge in [0, 0.05) is 18.1 Å². The van der Waals surface area contributed by atoms with Gasteiger partial charge in [-0.2, -0.15) is 0 Å². The lowest BCUT2D eigenvalue weighted by molar-refractivity contribution is 0.0655. The van der Waals surface area contributed by atoms with Crippen LogP contribution in [0.2, 0.25) is 5.02 Å². The zero-order valence-electron chi connectivity index (χ0n) is 13.3. The summed E-state index contributed by atoms with van der Waals surface area (Å²) in [5, 5.41) is -0.327. The Morgan fingerprint density at radius 2 is 1.84 bits per heavy atom. The highest BCUT2D eigenvalue weighted by Crippen LogP contribution is 2.29. The van der Waals surface area contributed by atoms with E-state index in [4.69, 9.17) is 16.3 Å². The minimum absolute atomic E-state index is 0.0475. The molecule has 3 rings (SSSR count). The smallest absolute Gasteiger partial charge is 0.257 e. The lowest BCUT2D eigenvalue weighted by Crippen LogP contribution is -2.56. The Morgan fingerprint density at radius 1 is 1.20 bits per heavy atom. The topological polar surface area (TPSA) is 63.7 Å². The van der Waals surface area contributed by atoms with Gasteiger partial charge in [-0.1, -0.05) is 11.6 Å². The standard InChI is InChI=1S/C17H15ClFNO4S/c1-24-16-7-2-11(18)8-15(16)17(21)20-9-14(10-20)25(22,23)13-5-3-12(19)4-6-13/h2-8,14H,9-10H2,1H3. The summed E-state index contributed by atoms with van der Waals surface area (Å²) in [5.41, 5.74) is 0.285. The van der Waals surface area contributed by atoms with Crippen LogP contribution in [0.3, 0.4) is 0 Å². The largest absolute Gasteiger partial charge is 0.496 e. The third-order valence-electron chi connectivity index (χ3n) is 4.11. The van der Waals surface area contributed by atoms with Gasteiger partial charge in [0.05, 0.1) is 17.6 Å². The fourth-order valence-electron chi connectivity index (χ4n) is 2.63. The van der Waals surface area contributed by atoms with E-state index in [0.29, 0.717) is 10.8 Å². The lowest BCUT2D eigenvalue weighted by Gasteiger charge is -2.38. The number of rotatable bonds is 4. The summed E-state index contributed by atoms with van der Waals surface area (Å²) < 4.78 is 43.1. The first-order chi connectivity index (χ1) is 11.8. The summed E-state index contributed by atoms with van der Waals surface area (Å²) in [6, 6.07) is 9.35. The average Bonchev–Trinajstić information content (AvgIpc) is 2.53. The van der Waals surface area contributed by atoms with Crippen molar-refractivity contribution in [2.75, 3.05) is 20.2 Å². The molecule has 0 bridgehead atoms. The van der Waals surface area contributed by atoms with Crippen molar-refractivity contribution in [1.29, 1.82) is 0 Å². The van der Waals surface area contributed by atoms with Gasteiger partial charge in [-0.05, 0) is 42.5 Å². The summed E-state index contributed by atoms with van der Waals surface area (Å²) >= 11 is 5.93. The summed E-state index contributed by atoms with van der Waals surface area (Å²) in [7, 11) is -2.17. The Morgan fingerprint density at radius 3 is 2.44 bits per heavy atom. The van der Waals surface area contributed by atoms with Crippen molar-refractivity contribution in [1.82, 2.24) is 4.90 Å². The van der Waals surface area contributed by atoms with Gasteiger partial charge in [0.15, 0.2) is 9.84 Å². The highest BCUT2D eigenvalue weighted by molar-refractivity contribution is 7.92. The van der Waals surface area contributed by atoms with Crippen LogP contribution < -0.4 is 4.74 Å². The second-order valence-corrected chi connectivity index (χ2v) is 8.34. The Labute approximate surface area is 149 Å². The van der Waals surface area contributed by atoms with E-state index in [1.165, 1.54) is 30.2 Å². The van der Waals surface area contributed by atoms with Crippen LogP contribution in [0.15, 0.2) is 47.4 Å². The molecule has 0 atom stereocenters. The summed E-state index contributed by atoms with van der Waals surface area (Å²) in [6.07, 6.45) is 0. The van der Waals surface area contributed by atoms with Crippen molar-refractivity contribution in [3.05, 3.63) is 58.9 Å². The molecule has 0 unspecified atom stereocenters. The molecule has 5 nitrogen and oxygen atoms in total. The Hall–Kier alpha value is -2.12. The highest BCUT2D eigenvalue weighted by atomic mass is 35.5. The number of halogens is 2. The van der Waals surface area contributed by atoms with E-state index >= 15 is 0 Å². The van der Waals surface area contributed by atoms with Gasteiger partial charge in [-0.15, -0.1) is 0 Å². The van der Waals surface area contributed by atoms with Gasteiger partial charge in [-0.25, -0.2) is 12.8 Å². The molecule has 2 aromatic rings. The molecule has 1 amide bonds. The number of amides is 1. The van der Waals surface area contributed by atoms with Crippen molar-refractivity contribution in [2.45, 2.75) is 10.1 Å². The van der Waals surface area contributed by atoms with Crippen LogP contribution in [0.4, 0.5) is 4.39 Å². The number of nitrogens with zero attached hydrogens (tertiary/aromatic N) is 1. The van der Waals surface area contributed by atoms with Crippen molar-refractivity contribution in [2.24, 2.45) is 0 Å². The first-order valence-electron chi connectivity index (χ1n) is 7.45. The molecule has 2 aromatic carbocycles. The van der Waals surface area contributed by atoms with E-state index in [0.717, 1.165) is 12.1 Å². The van der Waals surface area contributed by atoms with Crippen molar-refractivity contribution < 1.29 is 22.3 Å². The normalized spacial score (nSPS) is 14.9. The molecule has 0 saturated carbocycles. The van der Waals surface area contributed by atoms with Crippen LogP contribution in [0.25, 0.3) is 0 Å². The maximum atomic E-state index is 13.0. The first kappa shape index (κ1) is 17.7. The maximum absolute atomic E-state index is 13.0. The lowest BCUT2D eigenvalue weighted by atomic mass is 10.1. The molecule has 1 aliphatic rings. The maximum Gasteiger partial charge on any atom is 0.257 e.